The molecule has 1 saturated carbocycles. The minimum atomic E-state index is -0.0549. The number of carbonyl (C=O) groups is 2. The van der Waals surface area contributed by atoms with Crippen LogP contribution in [0.2, 0.25) is 0 Å². The Kier molecular flexibility index (Phi) is 5.31. The van der Waals surface area contributed by atoms with Gasteiger partial charge in [0.15, 0.2) is 0 Å². The molecular weight excluding hydrogens is 282 g/mol. The molecule has 22 heavy (non-hydrogen) atoms. The van der Waals surface area contributed by atoms with Gasteiger partial charge in [-0.15, -0.1) is 0 Å². The fourth-order valence-corrected chi connectivity index (χ4v) is 3.49. The highest BCUT2D eigenvalue weighted by molar-refractivity contribution is 5.80. The Bertz CT molecular complexity index is 405. The van der Waals surface area contributed by atoms with Gasteiger partial charge in [-0.25, -0.2) is 0 Å². The Labute approximate surface area is 131 Å². The van der Waals surface area contributed by atoms with E-state index in [4.69, 9.17) is 4.74 Å². The summed E-state index contributed by atoms with van der Waals surface area (Å²) in [6.07, 6.45) is 5.79. The van der Waals surface area contributed by atoms with Crippen LogP contribution >= 0.6 is 0 Å². The van der Waals surface area contributed by atoms with Crippen LogP contribution in [0.4, 0.5) is 0 Å². The van der Waals surface area contributed by atoms with Crippen molar-refractivity contribution in [2.75, 3.05) is 26.3 Å². The van der Waals surface area contributed by atoms with Gasteiger partial charge in [0.05, 0.1) is 12.6 Å². The number of amides is 2. The van der Waals surface area contributed by atoms with Gasteiger partial charge in [-0.3, -0.25) is 9.59 Å². The standard InChI is InChI=1S/C16H27N3O3/c20-14-4-3-13(16(19-14)12-5-7-17-8-6-12)18-15(21)10-22-9-11-1-2-11/h11-13,16-17H,1-10H2,(H,18,21)(H,19,20)/t13-,16+/m1/s1. The molecule has 1 aliphatic carbocycles. The summed E-state index contributed by atoms with van der Waals surface area (Å²) in [6, 6.07) is 0.105. The van der Waals surface area contributed by atoms with Crippen LogP contribution in [0.25, 0.3) is 0 Å². The Balaban J connectivity index is 1.49. The van der Waals surface area contributed by atoms with E-state index in [2.05, 4.69) is 16.0 Å². The van der Waals surface area contributed by atoms with Gasteiger partial charge in [0, 0.05) is 12.5 Å². The van der Waals surface area contributed by atoms with Crippen LogP contribution in [0, 0.1) is 11.8 Å². The van der Waals surface area contributed by atoms with Crippen molar-refractivity contribution in [1.29, 1.82) is 0 Å². The molecule has 124 valence electrons. The fraction of sp³-hybridized carbons (Fsp3) is 0.875. The van der Waals surface area contributed by atoms with E-state index in [0.717, 1.165) is 32.4 Å². The number of hydrogen-bond acceptors (Lipinski definition) is 4. The third kappa shape index (κ3) is 4.43. The van der Waals surface area contributed by atoms with Gasteiger partial charge in [-0.05, 0) is 57.0 Å². The first kappa shape index (κ1) is 15.7. The Hall–Kier alpha value is -1.14. The molecule has 3 rings (SSSR count). The van der Waals surface area contributed by atoms with Crippen LogP contribution in [0.15, 0.2) is 0 Å². The van der Waals surface area contributed by atoms with Gasteiger partial charge in [0.1, 0.15) is 6.61 Å². The molecule has 2 amide bonds. The summed E-state index contributed by atoms with van der Waals surface area (Å²) < 4.78 is 5.45. The molecule has 2 aliphatic heterocycles. The lowest BCUT2D eigenvalue weighted by Crippen LogP contribution is -2.60. The van der Waals surface area contributed by atoms with E-state index in [-0.39, 0.29) is 30.5 Å². The molecule has 2 saturated heterocycles. The lowest BCUT2D eigenvalue weighted by atomic mass is 9.82. The quantitative estimate of drug-likeness (QED) is 0.654. The molecule has 0 aromatic rings. The summed E-state index contributed by atoms with van der Waals surface area (Å²) >= 11 is 0. The van der Waals surface area contributed by atoms with Gasteiger partial charge < -0.3 is 20.7 Å². The maximum absolute atomic E-state index is 12.1. The largest absolute Gasteiger partial charge is 0.371 e. The molecule has 0 aromatic carbocycles. The molecule has 0 aromatic heterocycles. The zero-order chi connectivity index (χ0) is 15.4. The van der Waals surface area contributed by atoms with Crippen LogP contribution in [-0.2, 0) is 14.3 Å². The molecule has 0 radical (unpaired) electrons. The Morgan fingerprint density at radius 2 is 1.95 bits per heavy atom. The number of ether oxygens (including phenoxy) is 1. The van der Waals surface area contributed by atoms with Crippen LogP contribution in [-0.4, -0.2) is 50.2 Å². The van der Waals surface area contributed by atoms with Crippen LogP contribution < -0.4 is 16.0 Å². The van der Waals surface area contributed by atoms with Crippen molar-refractivity contribution >= 4 is 11.8 Å². The number of piperidine rings is 2. The predicted octanol–water partition coefficient (Wildman–Crippen LogP) is 0.176. The molecule has 2 heterocycles. The van der Waals surface area contributed by atoms with Gasteiger partial charge in [-0.2, -0.15) is 0 Å². The van der Waals surface area contributed by atoms with Crippen molar-refractivity contribution in [3.8, 4) is 0 Å². The highest BCUT2D eigenvalue weighted by Crippen LogP contribution is 2.28. The van der Waals surface area contributed by atoms with Crippen LogP contribution in [0.5, 0.6) is 0 Å². The van der Waals surface area contributed by atoms with E-state index in [1.54, 1.807) is 0 Å². The zero-order valence-electron chi connectivity index (χ0n) is 13.1. The highest BCUT2D eigenvalue weighted by Gasteiger charge is 2.35. The van der Waals surface area contributed by atoms with Crippen molar-refractivity contribution in [3.05, 3.63) is 0 Å². The zero-order valence-corrected chi connectivity index (χ0v) is 13.1. The fourth-order valence-electron chi connectivity index (χ4n) is 3.49. The first-order valence-electron chi connectivity index (χ1n) is 8.59. The first-order valence-corrected chi connectivity index (χ1v) is 8.59. The normalized spacial score (nSPS) is 29.9. The predicted molar refractivity (Wildman–Crippen MR) is 82.2 cm³/mol. The maximum Gasteiger partial charge on any atom is 0.246 e. The topological polar surface area (TPSA) is 79.5 Å². The number of nitrogens with one attached hydrogen (secondary N) is 3. The molecule has 3 aliphatic rings. The molecule has 0 unspecified atom stereocenters. The summed E-state index contributed by atoms with van der Waals surface area (Å²) in [4.78, 5) is 23.8. The summed E-state index contributed by atoms with van der Waals surface area (Å²) in [6.45, 7) is 2.82. The lowest BCUT2D eigenvalue weighted by Gasteiger charge is -2.39. The second-order valence-corrected chi connectivity index (χ2v) is 6.85. The molecular formula is C16H27N3O3. The third-order valence-electron chi connectivity index (χ3n) is 4.97. The second-order valence-electron chi connectivity index (χ2n) is 6.85. The highest BCUT2D eigenvalue weighted by atomic mass is 16.5. The minimum absolute atomic E-state index is 0.0397. The molecule has 3 N–H and O–H groups in total. The summed E-state index contributed by atoms with van der Waals surface area (Å²) in [7, 11) is 0. The van der Waals surface area contributed by atoms with Gasteiger partial charge in [-0.1, -0.05) is 0 Å². The monoisotopic (exact) mass is 309 g/mol. The first-order chi connectivity index (χ1) is 10.7. The van der Waals surface area contributed by atoms with Gasteiger partial charge in [0.2, 0.25) is 11.8 Å². The smallest absolute Gasteiger partial charge is 0.246 e. The van der Waals surface area contributed by atoms with Crippen molar-refractivity contribution in [1.82, 2.24) is 16.0 Å². The van der Waals surface area contributed by atoms with Gasteiger partial charge in [0.25, 0.3) is 0 Å². The average Bonchev–Trinajstić information content (AvgIpc) is 3.34. The summed E-state index contributed by atoms with van der Waals surface area (Å²) in [5.41, 5.74) is 0. The molecule has 0 spiro atoms. The molecule has 0 bridgehead atoms. The van der Waals surface area contributed by atoms with E-state index in [9.17, 15) is 9.59 Å². The Morgan fingerprint density at radius 3 is 2.68 bits per heavy atom. The van der Waals surface area contributed by atoms with Crippen LogP contribution in [0.1, 0.15) is 38.5 Å². The Morgan fingerprint density at radius 1 is 1.18 bits per heavy atom. The van der Waals surface area contributed by atoms with E-state index >= 15 is 0 Å². The van der Waals surface area contributed by atoms with E-state index in [0.29, 0.717) is 24.9 Å². The average molecular weight is 309 g/mol. The van der Waals surface area contributed by atoms with Crippen molar-refractivity contribution in [2.45, 2.75) is 50.6 Å². The SMILES string of the molecule is O=C(COCC1CC1)N[C@@H]1CCC(=O)N[C@H]1C1CCNCC1. The lowest BCUT2D eigenvalue weighted by molar-refractivity contribution is -0.130. The summed E-state index contributed by atoms with van der Waals surface area (Å²) in [5, 5.41) is 9.53. The molecule has 6 nitrogen and oxygen atoms in total. The number of hydrogen-bond donors (Lipinski definition) is 3. The van der Waals surface area contributed by atoms with Crippen LogP contribution in [0.3, 0.4) is 0 Å². The minimum Gasteiger partial charge on any atom is -0.371 e. The number of rotatable bonds is 6. The summed E-state index contributed by atoms with van der Waals surface area (Å²) in [5.74, 6) is 1.17. The van der Waals surface area contributed by atoms with Crippen molar-refractivity contribution < 1.29 is 14.3 Å². The van der Waals surface area contributed by atoms with E-state index in [1.807, 2.05) is 0 Å². The van der Waals surface area contributed by atoms with Crippen molar-refractivity contribution in [3.63, 3.8) is 0 Å². The molecule has 6 heteroatoms. The molecule has 2 atom stereocenters. The van der Waals surface area contributed by atoms with E-state index in [1.165, 1.54) is 12.8 Å². The maximum atomic E-state index is 12.1. The third-order valence-corrected chi connectivity index (χ3v) is 4.97. The molecule has 3 fully saturated rings. The van der Waals surface area contributed by atoms with E-state index < -0.39 is 0 Å². The number of carbonyl (C=O) groups excluding carboxylic acids is 2. The van der Waals surface area contributed by atoms with Gasteiger partial charge >= 0.3 is 0 Å². The van der Waals surface area contributed by atoms with Crippen molar-refractivity contribution in [2.24, 2.45) is 11.8 Å². The second kappa shape index (κ2) is 7.42.